The van der Waals surface area contributed by atoms with Gasteiger partial charge in [-0.15, -0.1) is 11.8 Å². The molecular weight excluding hydrogens is 288 g/mol. The fraction of sp³-hybridized carbons (Fsp3) is 0.294. The van der Waals surface area contributed by atoms with E-state index in [9.17, 15) is 8.78 Å². The summed E-state index contributed by atoms with van der Waals surface area (Å²) >= 11 is 1.75. The van der Waals surface area contributed by atoms with Crippen molar-refractivity contribution in [1.29, 1.82) is 0 Å². The Morgan fingerprint density at radius 1 is 1.14 bits per heavy atom. The second kappa shape index (κ2) is 6.16. The number of benzene rings is 2. The number of hydrogen-bond acceptors (Lipinski definition) is 2. The lowest BCUT2D eigenvalue weighted by Gasteiger charge is -2.26. The third-order valence-corrected chi connectivity index (χ3v) is 5.08. The van der Waals surface area contributed by atoms with Crippen LogP contribution in [0.25, 0.3) is 0 Å². The van der Waals surface area contributed by atoms with Crippen molar-refractivity contribution >= 4 is 11.8 Å². The Morgan fingerprint density at radius 3 is 2.57 bits per heavy atom. The number of hydrogen-bond donors (Lipinski definition) is 1. The zero-order valence-electron chi connectivity index (χ0n) is 11.8. The average Bonchev–Trinajstić information content (AvgIpc) is 2.90. The zero-order valence-corrected chi connectivity index (χ0v) is 12.6. The Morgan fingerprint density at radius 2 is 1.86 bits per heavy atom. The maximum Gasteiger partial charge on any atom is 0.130 e. The van der Waals surface area contributed by atoms with Crippen LogP contribution in [-0.2, 0) is 0 Å². The van der Waals surface area contributed by atoms with Crippen LogP contribution < -0.4 is 5.32 Å². The van der Waals surface area contributed by atoms with E-state index >= 15 is 0 Å². The molecule has 110 valence electrons. The van der Waals surface area contributed by atoms with Crippen molar-refractivity contribution in [2.45, 2.75) is 23.8 Å². The molecule has 1 aliphatic rings. The largest absolute Gasteiger partial charge is 0.309 e. The highest BCUT2D eigenvalue weighted by Gasteiger charge is 2.33. The Labute approximate surface area is 127 Å². The van der Waals surface area contributed by atoms with Crippen molar-refractivity contribution in [3.05, 3.63) is 65.2 Å². The van der Waals surface area contributed by atoms with Gasteiger partial charge in [-0.25, -0.2) is 8.78 Å². The van der Waals surface area contributed by atoms with Gasteiger partial charge >= 0.3 is 0 Å². The summed E-state index contributed by atoms with van der Waals surface area (Å²) < 4.78 is 28.3. The van der Waals surface area contributed by atoms with Gasteiger partial charge in [0.15, 0.2) is 0 Å². The monoisotopic (exact) mass is 305 g/mol. The van der Waals surface area contributed by atoms with E-state index in [-0.39, 0.29) is 17.5 Å². The van der Waals surface area contributed by atoms with Crippen LogP contribution in [0.2, 0.25) is 0 Å². The van der Waals surface area contributed by atoms with Crippen molar-refractivity contribution in [2.24, 2.45) is 0 Å². The highest BCUT2D eigenvalue weighted by atomic mass is 32.2. The first-order valence-corrected chi connectivity index (χ1v) is 8.10. The maximum atomic E-state index is 14.2. The van der Waals surface area contributed by atoms with Crippen LogP contribution in [0.3, 0.4) is 0 Å². The van der Waals surface area contributed by atoms with Crippen LogP contribution in [0.15, 0.2) is 47.4 Å². The lowest BCUT2D eigenvalue weighted by molar-refractivity contribution is 0.434. The normalized spacial score (nSPS) is 18.5. The van der Waals surface area contributed by atoms with Crippen molar-refractivity contribution in [2.75, 3.05) is 12.3 Å². The summed E-state index contributed by atoms with van der Waals surface area (Å²) in [6.07, 6.45) is 0. The van der Waals surface area contributed by atoms with Crippen LogP contribution in [-0.4, -0.2) is 12.3 Å². The number of thioether (sulfide) groups is 1. The minimum absolute atomic E-state index is 0.0811. The molecule has 1 aliphatic heterocycles. The molecular formula is C17H17F2NS. The molecule has 0 amide bonds. The highest BCUT2D eigenvalue weighted by Crippen LogP contribution is 2.46. The summed E-state index contributed by atoms with van der Waals surface area (Å²) in [4.78, 5) is 1.21. The molecule has 2 unspecified atom stereocenters. The summed E-state index contributed by atoms with van der Waals surface area (Å²) in [5.74, 6) is -0.0339. The summed E-state index contributed by atoms with van der Waals surface area (Å²) in [5, 5.41) is 3.27. The molecule has 0 aliphatic carbocycles. The minimum atomic E-state index is -0.477. The molecule has 2 atom stereocenters. The zero-order chi connectivity index (χ0) is 14.8. The van der Waals surface area contributed by atoms with Gasteiger partial charge in [-0.3, -0.25) is 0 Å². The first kappa shape index (κ1) is 14.5. The fourth-order valence-corrected chi connectivity index (χ4v) is 4.23. The molecule has 0 spiro atoms. The lowest BCUT2D eigenvalue weighted by atomic mass is 9.88. The third-order valence-electron chi connectivity index (χ3n) is 3.87. The molecule has 4 heteroatoms. The van der Waals surface area contributed by atoms with Gasteiger partial charge in [0, 0.05) is 28.2 Å². The predicted molar refractivity (Wildman–Crippen MR) is 82.7 cm³/mol. The minimum Gasteiger partial charge on any atom is -0.309 e. The van der Waals surface area contributed by atoms with E-state index in [1.807, 2.05) is 19.1 Å². The van der Waals surface area contributed by atoms with Crippen molar-refractivity contribution < 1.29 is 8.78 Å². The van der Waals surface area contributed by atoms with Gasteiger partial charge in [0.1, 0.15) is 11.6 Å². The van der Waals surface area contributed by atoms with Crippen molar-refractivity contribution in [3.63, 3.8) is 0 Å². The van der Waals surface area contributed by atoms with E-state index in [0.717, 1.165) is 5.75 Å². The maximum absolute atomic E-state index is 14.2. The molecule has 21 heavy (non-hydrogen) atoms. The van der Waals surface area contributed by atoms with Gasteiger partial charge in [-0.2, -0.15) is 0 Å². The quantitative estimate of drug-likeness (QED) is 0.892. The van der Waals surface area contributed by atoms with E-state index in [1.54, 1.807) is 11.8 Å². The fourth-order valence-electron chi connectivity index (χ4n) is 2.94. The Balaban J connectivity index is 2.04. The van der Waals surface area contributed by atoms with Gasteiger partial charge in [0.05, 0.1) is 0 Å². The number of halogens is 2. The number of rotatable bonds is 4. The van der Waals surface area contributed by atoms with E-state index in [1.165, 1.54) is 28.7 Å². The molecule has 2 aromatic rings. The van der Waals surface area contributed by atoms with Crippen molar-refractivity contribution in [1.82, 2.24) is 5.32 Å². The van der Waals surface area contributed by atoms with Gasteiger partial charge in [-0.05, 0) is 30.3 Å². The van der Waals surface area contributed by atoms with Crippen LogP contribution in [0.1, 0.15) is 30.0 Å². The first-order chi connectivity index (χ1) is 10.2. The van der Waals surface area contributed by atoms with Gasteiger partial charge in [-0.1, -0.05) is 31.2 Å². The van der Waals surface area contributed by atoms with Gasteiger partial charge in [0.25, 0.3) is 0 Å². The Kier molecular flexibility index (Phi) is 4.27. The van der Waals surface area contributed by atoms with E-state index in [2.05, 4.69) is 17.4 Å². The summed E-state index contributed by atoms with van der Waals surface area (Å²) in [6, 6.07) is 11.8. The van der Waals surface area contributed by atoms with E-state index in [4.69, 9.17) is 0 Å². The molecule has 0 saturated heterocycles. The molecule has 1 nitrogen and oxygen atoms in total. The summed E-state index contributed by atoms with van der Waals surface area (Å²) in [7, 11) is 0. The molecule has 1 heterocycles. The lowest BCUT2D eigenvalue weighted by Crippen LogP contribution is -2.29. The molecule has 0 saturated carbocycles. The number of nitrogens with one attached hydrogen (secondary N) is 1. The van der Waals surface area contributed by atoms with E-state index < -0.39 is 11.6 Å². The SMILES string of the molecule is CCNC(c1c(F)cccc1F)C1CSc2ccccc21. The van der Waals surface area contributed by atoms with Crippen LogP contribution in [0, 0.1) is 11.6 Å². The molecule has 0 fully saturated rings. The number of fused-ring (bicyclic) bond motifs is 1. The molecule has 0 bridgehead atoms. The smallest absolute Gasteiger partial charge is 0.130 e. The van der Waals surface area contributed by atoms with Crippen molar-refractivity contribution in [3.8, 4) is 0 Å². The highest BCUT2D eigenvalue weighted by molar-refractivity contribution is 7.99. The van der Waals surface area contributed by atoms with Crippen LogP contribution in [0.4, 0.5) is 8.78 Å². The second-order valence-corrected chi connectivity index (χ2v) is 6.19. The predicted octanol–water partition coefficient (Wildman–Crippen LogP) is 4.50. The van der Waals surface area contributed by atoms with Crippen LogP contribution in [0.5, 0.6) is 0 Å². The molecule has 0 radical (unpaired) electrons. The molecule has 1 N–H and O–H groups in total. The number of likely N-dealkylation sites (N-methyl/N-ethyl adjacent to an activating group) is 1. The Hall–Kier alpha value is -1.39. The first-order valence-electron chi connectivity index (χ1n) is 7.11. The average molecular weight is 305 g/mol. The van der Waals surface area contributed by atoms with Gasteiger partial charge < -0.3 is 5.32 Å². The topological polar surface area (TPSA) is 12.0 Å². The second-order valence-electron chi connectivity index (χ2n) is 5.13. The molecule has 3 rings (SSSR count). The summed E-state index contributed by atoms with van der Waals surface area (Å²) in [6.45, 7) is 2.63. The molecule has 0 aromatic heterocycles. The standard InChI is InChI=1S/C17H17F2NS/c1-2-20-17(16-13(18)7-5-8-14(16)19)12-10-21-15-9-4-3-6-11(12)15/h3-9,12,17,20H,2,10H2,1H3. The van der Waals surface area contributed by atoms with Crippen LogP contribution >= 0.6 is 11.8 Å². The third kappa shape index (κ3) is 2.70. The summed E-state index contributed by atoms with van der Waals surface area (Å²) in [5.41, 5.74) is 1.33. The van der Waals surface area contributed by atoms with Gasteiger partial charge in [0.2, 0.25) is 0 Å². The van der Waals surface area contributed by atoms with E-state index in [0.29, 0.717) is 6.54 Å². The Bertz CT molecular complexity index is 624. The molecule has 2 aromatic carbocycles.